The van der Waals surface area contributed by atoms with Crippen LogP contribution in [0.25, 0.3) is 0 Å². The first kappa shape index (κ1) is 22.8. The van der Waals surface area contributed by atoms with Crippen LogP contribution in [0.5, 0.6) is 0 Å². The molecule has 0 atom stereocenters. The van der Waals surface area contributed by atoms with Crippen molar-refractivity contribution in [1.82, 2.24) is 0 Å². The van der Waals surface area contributed by atoms with Crippen LogP contribution in [0.1, 0.15) is 0 Å². The maximum absolute atomic E-state index is 8.36. The average Bonchev–Trinajstić information content (AvgIpc) is 0.811. The predicted octanol–water partition coefficient (Wildman–Crippen LogP) is -3.11. The summed E-state index contributed by atoms with van der Waals surface area (Å²) in [5.41, 5.74) is 0. The average molecular weight is 254 g/mol. The van der Waals surface area contributed by atoms with Gasteiger partial charge in [-0.2, -0.15) is 0 Å². The molecule has 7 heavy (non-hydrogen) atoms. The molecule has 0 aliphatic heterocycles. The Hall–Kier alpha value is 2.33. The summed E-state index contributed by atoms with van der Waals surface area (Å²) in [6.07, 6.45) is 0. The van der Waals surface area contributed by atoms with Crippen molar-refractivity contribution in [2.45, 2.75) is 0 Å². The Labute approximate surface area is 116 Å². The van der Waals surface area contributed by atoms with Crippen LogP contribution in [0.3, 0.4) is 0 Å². The van der Waals surface area contributed by atoms with Crippen molar-refractivity contribution in [2.24, 2.45) is 0 Å². The summed E-state index contributed by atoms with van der Waals surface area (Å²) in [6, 6.07) is 0. The van der Waals surface area contributed by atoms with Gasteiger partial charge in [-0.1, -0.05) is 0 Å². The molecule has 0 unspecified atom stereocenters. The number of rotatable bonds is 0. The van der Waals surface area contributed by atoms with E-state index in [4.69, 9.17) is 15.3 Å². The van der Waals surface area contributed by atoms with E-state index in [1.54, 1.807) is 0 Å². The van der Waals surface area contributed by atoms with Gasteiger partial charge in [0.1, 0.15) is 0 Å². The predicted molar refractivity (Wildman–Crippen MR) is 29.9 cm³/mol. The Morgan fingerprint density at radius 2 is 1.57 bits per heavy atom. The van der Waals surface area contributed by atoms with Crippen molar-refractivity contribution in [3.63, 3.8) is 0 Å². The summed E-state index contributed by atoms with van der Waals surface area (Å²) in [5.74, 6) is 0. The van der Waals surface area contributed by atoms with Crippen LogP contribution in [0, 0.1) is 10.1 Å². The fourth-order valence-electron chi connectivity index (χ4n) is 0. The van der Waals surface area contributed by atoms with Gasteiger partial charge in [-0.15, -0.1) is 34.1 Å². The Morgan fingerprint density at radius 3 is 1.57 bits per heavy atom. The summed E-state index contributed by atoms with van der Waals surface area (Å²) >= 11 is 0. The van der Waals surface area contributed by atoms with E-state index < -0.39 is 5.09 Å². The normalized spacial score (nSPS) is 3.43. The number of hydrogen-bond acceptors (Lipinski definition) is 2. The Morgan fingerprint density at radius 1 is 1.57 bits per heavy atom. The first-order valence-electron chi connectivity index (χ1n) is 0.565. The van der Waals surface area contributed by atoms with Gasteiger partial charge in [-0.05, 0) is 0 Å². The molecule has 0 saturated carbocycles. The number of halogens is 1. The van der Waals surface area contributed by atoms with E-state index >= 15 is 0 Å². The molecule has 4 nitrogen and oxygen atoms in total. The standard InChI is InChI=1S/HI.K.Mg.HNO3/c;;;2-1(3)4/h1H;;;(H,2,3,4)/q;+1;+2;. The van der Waals surface area contributed by atoms with Crippen LogP contribution in [-0.2, 0) is 0 Å². The van der Waals surface area contributed by atoms with Gasteiger partial charge >= 0.3 is 74.4 Å². The molecule has 0 aromatic carbocycles. The van der Waals surface area contributed by atoms with Gasteiger partial charge in [0.05, 0.1) is 0 Å². The van der Waals surface area contributed by atoms with E-state index in [0.717, 1.165) is 0 Å². The minimum atomic E-state index is -1.50. The molecule has 0 amide bonds. The van der Waals surface area contributed by atoms with Gasteiger partial charge < -0.3 is 5.21 Å². The van der Waals surface area contributed by atoms with Crippen LogP contribution < -0.4 is 51.4 Å². The largest absolute Gasteiger partial charge is 2.00 e. The van der Waals surface area contributed by atoms with Crippen LogP contribution in [0.15, 0.2) is 0 Å². The number of hydrogen-bond donors (Lipinski definition) is 1. The van der Waals surface area contributed by atoms with Gasteiger partial charge in [-0.3, -0.25) is 0 Å². The summed E-state index contributed by atoms with van der Waals surface area (Å²) in [5, 5.41) is 13.6. The molecule has 0 radical (unpaired) electrons. The maximum Gasteiger partial charge on any atom is 2.00 e. The van der Waals surface area contributed by atoms with Crippen molar-refractivity contribution in [3.05, 3.63) is 10.1 Å². The van der Waals surface area contributed by atoms with Gasteiger partial charge in [0, 0.05) is 0 Å². The molecule has 0 aromatic heterocycles. The molecule has 0 aromatic rings. The molecule has 0 heterocycles. The molecule has 32 valence electrons. The van der Waals surface area contributed by atoms with E-state index in [2.05, 4.69) is 0 Å². The smallest absolute Gasteiger partial charge is 0.328 e. The SMILES string of the molecule is I.O=[N+]([O-])O.[K+].[Mg+2]. The van der Waals surface area contributed by atoms with Crippen molar-refractivity contribution >= 4 is 47.0 Å². The second kappa shape index (κ2) is 15.8. The molecule has 7 heteroatoms. The van der Waals surface area contributed by atoms with E-state index in [-0.39, 0.29) is 98.4 Å². The van der Waals surface area contributed by atoms with E-state index in [1.165, 1.54) is 0 Å². The molecule has 0 rings (SSSR count). The van der Waals surface area contributed by atoms with Crippen LogP contribution in [0.4, 0.5) is 0 Å². The molecule has 0 bridgehead atoms. The van der Waals surface area contributed by atoms with Crippen LogP contribution >= 0.6 is 24.0 Å². The molecular formula is H2IKMgNO3+3. The fraction of sp³-hybridized carbons (Fsp3) is 0. The summed E-state index contributed by atoms with van der Waals surface area (Å²) < 4.78 is 0. The van der Waals surface area contributed by atoms with Crippen LogP contribution in [0.2, 0.25) is 0 Å². The summed E-state index contributed by atoms with van der Waals surface area (Å²) in [6.45, 7) is 0. The zero-order valence-corrected chi connectivity index (χ0v) is 10.7. The van der Waals surface area contributed by atoms with E-state index in [0.29, 0.717) is 0 Å². The first-order chi connectivity index (χ1) is 1.73. The van der Waals surface area contributed by atoms with Gasteiger partial charge in [0.15, 0.2) is 0 Å². The molecular weight excluding hydrogens is 252 g/mol. The topological polar surface area (TPSA) is 63.4 Å². The van der Waals surface area contributed by atoms with Crippen molar-refractivity contribution in [1.29, 1.82) is 0 Å². The van der Waals surface area contributed by atoms with Gasteiger partial charge in [0.2, 0.25) is 0 Å². The third kappa shape index (κ3) is 61.4. The second-order valence-electron chi connectivity index (χ2n) is 0.238. The van der Waals surface area contributed by atoms with Gasteiger partial charge in [0.25, 0.3) is 5.09 Å². The van der Waals surface area contributed by atoms with E-state index in [1.807, 2.05) is 0 Å². The van der Waals surface area contributed by atoms with Crippen molar-refractivity contribution in [2.75, 3.05) is 0 Å². The monoisotopic (exact) mass is 254 g/mol. The Balaban J connectivity index is -0.0000000150. The fourth-order valence-corrected chi connectivity index (χ4v) is 0. The molecule has 0 aliphatic rings. The minimum absolute atomic E-state index is 0. The molecule has 0 saturated heterocycles. The third-order valence-corrected chi connectivity index (χ3v) is 0. The Bertz CT molecular complexity index is 37.9. The van der Waals surface area contributed by atoms with Crippen LogP contribution in [-0.4, -0.2) is 33.3 Å². The summed E-state index contributed by atoms with van der Waals surface area (Å²) in [4.78, 5) is 8.36. The molecule has 0 fully saturated rings. The summed E-state index contributed by atoms with van der Waals surface area (Å²) in [7, 11) is 0. The zero-order chi connectivity index (χ0) is 3.58. The quantitative estimate of drug-likeness (QED) is 0.215. The Kier molecular flexibility index (Phi) is 51.3. The number of nitrogens with zero attached hydrogens (tertiary/aromatic N) is 1. The molecule has 0 aliphatic carbocycles. The molecule has 1 N–H and O–H groups in total. The van der Waals surface area contributed by atoms with Crippen molar-refractivity contribution < 1.29 is 61.7 Å². The van der Waals surface area contributed by atoms with Crippen molar-refractivity contribution in [3.8, 4) is 0 Å². The second-order valence-corrected chi connectivity index (χ2v) is 0.238. The molecule has 0 spiro atoms. The minimum Gasteiger partial charge on any atom is -0.328 e. The third-order valence-electron chi connectivity index (χ3n) is 0. The zero-order valence-electron chi connectivity index (χ0n) is 3.83. The first-order valence-corrected chi connectivity index (χ1v) is 0.565. The van der Waals surface area contributed by atoms with E-state index in [9.17, 15) is 0 Å². The van der Waals surface area contributed by atoms with Gasteiger partial charge in [-0.25, -0.2) is 0 Å². The maximum atomic E-state index is 8.36.